The number of aryl methyl sites for hydroxylation is 1. The van der Waals surface area contributed by atoms with E-state index in [0.29, 0.717) is 6.54 Å². The SMILES string of the molecule is CC1CCN(C(=O)CN2CCc3nc4ncc(-c5cnn(C)c5)cc4cc3C2)CC1. The molecule has 0 bridgehead atoms. The van der Waals surface area contributed by atoms with Crippen molar-refractivity contribution in [3.63, 3.8) is 0 Å². The molecule has 0 aromatic carbocycles. The van der Waals surface area contributed by atoms with Crippen LogP contribution in [0.5, 0.6) is 0 Å². The second-order valence-corrected chi connectivity index (χ2v) is 8.79. The number of carbonyl (C=O) groups excluding carboxylic acids is 1. The number of hydrogen-bond donors (Lipinski definition) is 0. The van der Waals surface area contributed by atoms with Gasteiger partial charge in [0.05, 0.1) is 12.7 Å². The molecule has 1 saturated heterocycles. The molecule has 0 spiro atoms. The summed E-state index contributed by atoms with van der Waals surface area (Å²) in [5, 5.41) is 5.29. The fourth-order valence-electron chi connectivity index (χ4n) is 4.49. The number of hydrogen-bond acceptors (Lipinski definition) is 5. The molecule has 0 aliphatic carbocycles. The molecule has 3 aromatic rings. The zero-order valence-corrected chi connectivity index (χ0v) is 17.7. The molecule has 2 aliphatic heterocycles. The highest BCUT2D eigenvalue weighted by Crippen LogP contribution is 2.26. The molecular weight excluding hydrogens is 376 g/mol. The van der Waals surface area contributed by atoms with Crippen LogP contribution < -0.4 is 0 Å². The predicted octanol–water partition coefficient (Wildman–Crippen LogP) is 2.65. The molecule has 30 heavy (non-hydrogen) atoms. The molecular formula is C23H28N6O. The van der Waals surface area contributed by atoms with Crippen molar-refractivity contribution >= 4 is 16.9 Å². The fraction of sp³-hybridized carbons (Fsp3) is 0.478. The van der Waals surface area contributed by atoms with Gasteiger partial charge in [0.1, 0.15) is 0 Å². The van der Waals surface area contributed by atoms with Crippen LogP contribution in [0.1, 0.15) is 31.0 Å². The molecule has 0 radical (unpaired) electrons. The van der Waals surface area contributed by atoms with E-state index in [1.54, 1.807) is 4.68 Å². The number of fused-ring (bicyclic) bond motifs is 2. The highest BCUT2D eigenvalue weighted by atomic mass is 16.2. The Morgan fingerprint density at radius 1 is 1.13 bits per heavy atom. The second kappa shape index (κ2) is 7.80. The maximum absolute atomic E-state index is 12.8. The van der Waals surface area contributed by atoms with Gasteiger partial charge in [0.25, 0.3) is 0 Å². The van der Waals surface area contributed by atoms with Crippen LogP contribution in [-0.4, -0.2) is 61.6 Å². The van der Waals surface area contributed by atoms with Crippen LogP contribution in [0.25, 0.3) is 22.2 Å². The van der Waals surface area contributed by atoms with E-state index in [9.17, 15) is 4.79 Å². The smallest absolute Gasteiger partial charge is 0.236 e. The minimum absolute atomic E-state index is 0.264. The lowest BCUT2D eigenvalue weighted by Crippen LogP contribution is -2.45. The summed E-state index contributed by atoms with van der Waals surface area (Å²) < 4.78 is 1.79. The van der Waals surface area contributed by atoms with Gasteiger partial charge in [0.15, 0.2) is 5.65 Å². The Balaban J connectivity index is 1.33. The van der Waals surface area contributed by atoms with Crippen LogP contribution in [0, 0.1) is 5.92 Å². The van der Waals surface area contributed by atoms with Gasteiger partial charge >= 0.3 is 0 Å². The third kappa shape index (κ3) is 3.81. The molecule has 0 atom stereocenters. The fourth-order valence-corrected chi connectivity index (χ4v) is 4.49. The Bertz CT molecular complexity index is 1080. The topological polar surface area (TPSA) is 67.2 Å². The lowest BCUT2D eigenvalue weighted by molar-refractivity contribution is -0.134. The van der Waals surface area contributed by atoms with Crippen LogP contribution >= 0.6 is 0 Å². The lowest BCUT2D eigenvalue weighted by atomic mass is 9.99. The molecule has 5 rings (SSSR count). The quantitative estimate of drug-likeness (QED) is 0.671. The summed E-state index contributed by atoms with van der Waals surface area (Å²) >= 11 is 0. The van der Waals surface area contributed by atoms with Crippen LogP contribution in [-0.2, 0) is 24.8 Å². The zero-order chi connectivity index (χ0) is 20.7. The number of amides is 1. The highest BCUT2D eigenvalue weighted by molar-refractivity contribution is 5.81. The summed E-state index contributed by atoms with van der Waals surface area (Å²) in [4.78, 5) is 26.5. The Hall–Kier alpha value is -2.80. The third-order valence-electron chi connectivity index (χ3n) is 6.43. The number of aromatic nitrogens is 4. The molecule has 3 aromatic heterocycles. The van der Waals surface area contributed by atoms with Crippen molar-refractivity contribution in [1.82, 2.24) is 29.5 Å². The first-order valence-electron chi connectivity index (χ1n) is 10.8. The van der Waals surface area contributed by atoms with Gasteiger partial charge in [-0.15, -0.1) is 0 Å². The van der Waals surface area contributed by atoms with Gasteiger partial charge < -0.3 is 4.90 Å². The van der Waals surface area contributed by atoms with Crippen molar-refractivity contribution < 1.29 is 4.79 Å². The Kier molecular flexibility index (Phi) is 4.98. The van der Waals surface area contributed by atoms with E-state index in [1.807, 2.05) is 30.5 Å². The van der Waals surface area contributed by atoms with E-state index in [-0.39, 0.29) is 5.91 Å². The number of piperidine rings is 1. The summed E-state index contributed by atoms with van der Waals surface area (Å²) in [6, 6.07) is 4.33. The Labute approximate surface area is 176 Å². The van der Waals surface area contributed by atoms with Gasteiger partial charge in [-0.25, -0.2) is 9.97 Å². The monoisotopic (exact) mass is 404 g/mol. The normalized spacial score (nSPS) is 18.0. The molecule has 2 aliphatic rings. The van der Waals surface area contributed by atoms with E-state index in [4.69, 9.17) is 4.98 Å². The average molecular weight is 405 g/mol. The van der Waals surface area contributed by atoms with E-state index >= 15 is 0 Å². The molecule has 5 heterocycles. The number of likely N-dealkylation sites (tertiary alicyclic amines) is 1. The summed E-state index contributed by atoms with van der Waals surface area (Å²) in [6.07, 6.45) is 8.81. The lowest BCUT2D eigenvalue weighted by Gasteiger charge is -2.33. The van der Waals surface area contributed by atoms with E-state index in [2.05, 4.69) is 34.0 Å². The molecule has 156 valence electrons. The number of rotatable bonds is 3. The summed E-state index contributed by atoms with van der Waals surface area (Å²) in [7, 11) is 1.91. The number of nitrogens with zero attached hydrogens (tertiary/aromatic N) is 6. The molecule has 0 unspecified atom stereocenters. The molecule has 1 amide bonds. The molecule has 7 heteroatoms. The summed E-state index contributed by atoms with van der Waals surface area (Å²) in [6.45, 7) is 6.22. The van der Waals surface area contributed by atoms with Crippen molar-refractivity contribution in [2.75, 3.05) is 26.2 Å². The van der Waals surface area contributed by atoms with Crippen LogP contribution in [0.3, 0.4) is 0 Å². The Morgan fingerprint density at radius 3 is 2.73 bits per heavy atom. The van der Waals surface area contributed by atoms with Crippen LogP contribution in [0.2, 0.25) is 0 Å². The number of pyridine rings is 2. The van der Waals surface area contributed by atoms with Crippen molar-refractivity contribution in [2.45, 2.75) is 32.7 Å². The summed E-state index contributed by atoms with van der Waals surface area (Å²) in [5.74, 6) is 1.00. The van der Waals surface area contributed by atoms with E-state index in [0.717, 1.165) is 79.2 Å². The van der Waals surface area contributed by atoms with Crippen molar-refractivity contribution in [1.29, 1.82) is 0 Å². The number of carbonyl (C=O) groups is 1. The molecule has 7 nitrogen and oxygen atoms in total. The first-order chi connectivity index (χ1) is 14.5. The van der Waals surface area contributed by atoms with Gasteiger partial charge in [0.2, 0.25) is 5.91 Å². The van der Waals surface area contributed by atoms with Crippen molar-refractivity contribution in [3.8, 4) is 11.1 Å². The first kappa shape index (κ1) is 19.2. The van der Waals surface area contributed by atoms with Gasteiger partial charge in [0, 0.05) is 74.2 Å². The van der Waals surface area contributed by atoms with E-state index < -0.39 is 0 Å². The maximum atomic E-state index is 12.8. The summed E-state index contributed by atoms with van der Waals surface area (Å²) in [5.41, 5.74) is 5.19. The molecule has 0 N–H and O–H groups in total. The maximum Gasteiger partial charge on any atom is 0.236 e. The van der Waals surface area contributed by atoms with Gasteiger partial charge in [-0.2, -0.15) is 5.10 Å². The van der Waals surface area contributed by atoms with Crippen LogP contribution in [0.4, 0.5) is 0 Å². The predicted molar refractivity (Wildman–Crippen MR) is 116 cm³/mol. The van der Waals surface area contributed by atoms with Crippen molar-refractivity contribution in [2.24, 2.45) is 13.0 Å². The second-order valence-electron chi connectivity index (χ2n) is 8.79. The standard InChI is InChI=1S/C23H28N6O/c1-16-3-7-29(8-4-16)22(30)15-28-6-5-21-19(14-28)10-17-9-18(11-24-23(17)26-21)20-12-25-27(2)13-20/h9-13,16H,3-8,14-15H2,1-2H3. The highest BCUT2D eigenvalue weighted by Gasteiger charge is 2.25. The molecule has 0 saturated carbocycles. The van der Waals surface area contributed by atoms with E-state index in [1.165, 1.54) is 5.56 Å². The van der Waals surface area contributed by atoms with Gasteiger partial charge in [-0.1, -0.05) is 6.92 Å². The average Bonchev–Trinajstić information content (AvgIpc) is 3.18. The van der Waals surface area contributed by atoms with Gasteiger partial charge in [-0.3, -0.25) is 14.4 Å². The third-order valence-corrected chi connectivity index (χ3v) is 6.43. The van der Waals surface area contributed by atoms with Crippen molar-refractivity contribution in [3.05, 3.63) is 42.0 Å². The minimum Gasteiger partial charge on any atom is -0.342 e. The Morgan fingerprint density at radius 2 is 1.97 bits per heavy atom. The van der Waals surface area contributed by atoms with Gasteiger partial charge in [-0.05, 0) is 36.5 Å². The minimum atomic E-state index is 0.264. The molecule has 1 fully saturated rings. The first-order valence-corrected chi connectivity index (χ1v) is 10.8. The largest absolute Gasteiger partial charge is 0.342 e. The van der Waals surface area contributed by atoms with Crippen LogP contribution in [0.15, 0.2) is 30.7 Å². The zero-order valence-electron chi connectivity index (χ0n) is 17.7.